The van der Waals surface area contributed by atoms with Gasteiger partial charge in [-0.05, 0) is 19.1 Å². The molecule has 6 nitrogen and oxygen atoms in total. The minimum atomic E-state index is -0.0733. The van der Waals surface area contributed by atoms with Crippen LogP contribution < -0.4 is 11.3 Å². The number of rotatable bonds is 5. The van der Waals surface area contributed by atoms with Gasteiger partial charge < -0.3 is 4.57 Å². The number of nitrogens with one attached hydrogen (secondary N) is 1. The van der Waals surface area contributed by atoms with Gasteiger partial charge in [0.15, 0.2) is 0 Å². The molecule has 0 aliphatic heterocycles. The number of imidazole rings is 1. The van der Waals surface area contributed by atoms with E-state index in [2.05, 4.69) is 31.7 Å². The molecule has 7 heteroatoms. The van der Waals surface area contributed by atoms with E-state index in [0.717, 1.165) is 29.1 Å². The molecular weight excluding hydrogens is 272 g/mol. The van der Waals surface area contributed by atoms with Crippen molar-refractivity contribution in [3.8, 4) is 0 Å². The molecule has 2 aromatic heterocycles. The van der Waals surface area contributed by atoms with Crippen molar-refractivity contribution in [1.82, 2.24) is 23.7 Å². The number of nitrogens with two attached hydrogens (primary N) is 1. The minimum absolute atomic E-state index is 0.0733. The molecule has 0 fully saturated rings. The number of benzene rings is 1. The molecule has 3 aromatic rings. The molecule has 0 spiro atoms. The Morgan fingerprint density at radius 3 is 2.95 bits per heavy atom. The lowest BCUT2D eigenvalue weighted by Gasteiger charge is -2.13. The van der Waals surface area contributed by atoms with Crippen LogP contribution in [0.25, 0.3) is 11.0 Å². The van der Waals surface area contributed by atoms with Crippen LogP contribution in [-0.4, -0.2) is 18.3 Å². The van der Waals surface area contributed by atoms with E-state index in [-0.39, 0.29) is 6.04 Å². The normalized spacial score (nSPS) is 12.9. The van der Waals surface area contributed by atoms with E-state index in [4.69, 9.17) is 10.8 Å². The Kier molecular flexibility index (Phi) is 3.72. The smallest absolute Gasteiger partial charge is 0.111 e. The van der Waals surface area contributed by atoms with E-state index in [0.29, 0.717) is 6.42 Å². The lowest BCUT2D eigenvalue weighted by molar-refractivity contribution is 0.517. The molecule has 0 aliphatic rings. The van der Waals surface area contributed by atoms with E-state index in [1.165, 1.54) is 11.7 Å². The number of hydrogen-bond donors (Lipinski definition) is 2. The maximum atomic E-state index is 5.65. The number of hydrogen-bond acceptors (Lipinski definition) is 6. The molecule has 104 valence electrons. The van der Waals surface area contributed by atoms with Gasteiger partial charge in [-0.2, -0.15) is 8.75 Å². The Morgan fingerprint density at radius 1 is 1.40 bits per heavy atom. The topological polar surface area (TPSA) is 81.7 Å². The lowest BCUT2D eigenvalue weighted by atomic mass is 10.1. The van der Waals surface area contributed by atoms with Gasteiger partial charge in [0.25, 0.3) is 0 Å². The van der Waals surface area contributed by atoms with Crippen LogP contribution in [0.4, 0.5) is 0 Å². The van der Waals surface area contributed by atoms with Gasteiger partial charge in [-0.3, -0.25) is 11.3 Å². The van der Waals surface area contributed by atoms with Crippen LogP contribution in [0.15, 0.2) is 30.5 Å². The number of fused-ring (bicyclic) bond motifs is 1. The monoisotopic (exact) mass is 288 g/mol. The highest BCUT2D eigenvalue weighted by Gasteiger charge is 2.18. The summed E-state index contributed by atoms with van der Waals surface area (Å²) >= 11 is 1.19. The van der Waals surface area contributed by atoms with Gasteiger partial charge in [0, 0.05) is 13.0 Å². The maximum absolute atomic E-state index is 5.65. The first-order chi connectivity index (χ1) is 9.83. The molecule has 3 rings (SSSR count). The summed E-state index contributed by atoms with van der Waals surface area (Å²) < 4.78 is 10.5. The third-order valence-corrected chi connectivity index (χ3v) is 3.87. The third kappa shape index (κ3) is 2.31. The second-order valence-electron chi connectivity index (χ2n) is 4.52. The second-order valence-corrected chi connectivity index (χ2v) is 5.07. The van der Waals surface area contributed by atoms with Crippen LogP contribution in [0.3, 0.4) is 0 Å². The molecule has 1 atom stereocenters. The highest BCUT2D eigenvalue weighted by Crippen LogP contribution is 2.21. The molecule has 0 saturated heterocycles. The molecule has 0 saturated carbocycles. The minimum Gasteiger partial charge on any atom is -0.328 e. The Morgan fingerprint density at radius 2 is 2.25 bits per heavy atom. The first-order valence-corrected chi connectivity index (χ1v) is 7.24. The maximum Gasteiger partial charge on any atom is 0.111 e. The van der Waals surface area contributed by atoms with Crippen molar-refractivity contribution in [2.24, 2.45) is 5.84 Å². The molecule has 0 amide bonds. The van der Waals surface area contributed by atoms with E-state index in [9.17, 15) is 0 Å². The van der Waals surface area contributed by atoms with Gasteiger partial charge in [-0.1, -0.05) is 12.1 Å². The molecule has 1 unspecified atom stereocenters. The van der Waals surface area contributed by atoms with Gasteiger partial charge >= 0.3 is 0 Å². The van der Waals surface area contributed by atoms with Crippen molar-refractivity contribution in [1.29, 1.82) is 0 Å². The second kappa shape index (κ2) is 5.66. The molecule has 0 radical (unpaired) electrons. The summed E-state index contributed by atoms with van der Waals surface area (Å²) in [4.78, 5) is 4.70. The van der Waals surface area contributed by atoms with Crippen molar-refractivity contribution in [3.63, 3.8) is 0 Å². The quantitative estimate of drug-likeness (QED) is 0.551. The van der Waals surface area contributed by atoms with Crippen LogP contribution in [0.2, 0.25) is 0 Å². The van der Waals surface area contributed by atoms with Crippen LogP contribution in [0.5, 0.6) is 0 Å². The zero-order chi connectivity index (χ0) is 13.9. The third-order valence-electron chi connectivity index (χ3n) is 3.37. The van der Waals surface area contributed by atoms with Crippen LogP contribution in [0, 0.1) is 0 Å². The predicted molar refractivity (Wildman–Crippen MR) is 79.1 cm³/mol. The Balaban J connectivity index is 1.97. The van der Waals surface area contributed by atoms with Crippen molar-refractivity contribution < 1.29 is 0 Å². The largest absolute Gasteiger partial charge is 0.328 e. The van der Waals surface area contributed by atoms with Crippen LogP contribution in [0.1, 0.15) is 24.5 Å². The van der Waals surface area contributed by atoms with Gasteiger partial charge in [0.1, 0.15) is 5.82 Å². The first-order valence-electron chi connectivity index (χ1n) is 6.51. The fraction of sp³-hybridized carbons (Fsp3) is 0.308. The number of nitrogens with zero attached hydrogens (tertiary/aromatic N) is 4. The molecule has 0 aliphatic carbocycles. The van der Waals surface area contributed by atoms with Gasteiger partial charge in [0.2, 0.25) is 0 Å². The molecule has 1 aromatic carbocycles. The fourth-order valence-electron chi connectivity index (χ4n) is 2.39. The van der Waals surface area contributed by atoms with E-state index in [1.807, 2.05) is 18.2 Å². The van der Waals surface area contributed by atoms with Crippen LogP contribution >= 0.6 is 11.7 Å². The van der Waals surface area contributed by atoms with Gasteiger partial charge in [-0.25, -0.2) is 4.98 Å². The van der Waals surface area contributed by atoms with E-state index < -0.39 is 0 Å². The molecular formula is C13H16N6S. The highest BCUT2D eigenvalue weighted by molar-refractivity contribution is 6.99. The van der Waals surface area contributed by atoms with Crippen molar-refractivity contribution in [3.05, 3.63) is 42.0 Å². The average Bonchev–Trinajstić information content (AvgIpc) is 3.11. The summed E-state index contributed by atoms with van der Waals surface area (Å²) in [6.45, 7) is 3.00. The van der Waals surface area contributed by atoms with Gasteiger partial charge in [0.05, 0.1) is 40.7 Å². The zero-order valence-electron chi connectivity index (χ0n) is 11.2. The first kappa shape index (κ1) is 13.2. The summed E-state index contributed by atoms with van der Waals surface area (Å²) in [5.41, 5.74) is 5.81. The predicted octanol–water partition coefficient (Wildman–Crippen LogP) is 1.65. The Bertz CT molecular complexity index is 690. The zero-order valence-corrected chi connectivity index (χ0v) is 12.0. The van der Waals surface area contributed by atoms with Crippen molar-refractivity contribution >= 4 is 22.8 Å². The fourth-order valence-corrected chi connectivity index (χ4v) is 2.86. The summed E-state index contributed by atoms with van der Waals surface area (Å²) in [6, 6.07) is 8.08. The summed E-state index contributed by atoms with van der Waals surface area (Å²) in [6.07, 6.45) is 2.43. The molecule has 0 bridgehead atoms. The van der Waals surface area contributed by atoms with Crippen LogP contribution in [-0.2, 0) is 13.0 Å². The summed E-state index contributed by atoms with van der Waals surface area (Å²) in [5, 5.41) is 0. The average molecular weight is 288 g/mol. The Hall–Kier alpha value is -1.83. The number of aromatic nitrogens is 4. The summed E-state index contributed by atoms with van der Waals surface area (Å²) in [7, 11) is 0. The van der Waals surface area contributed by atoms with E-state index >= 15 is 0 Å². The Labute approximate surface area is 120 Å². The number of para-hydroxylation sites is 2. The van der Waals surface area contributed by atoms with Gasteiger partial charge in [-0.15, -0.1) is 0 Å². The van der Waals surface area contributed by atoms with Crippen molar-refractivity contribution in [2.45, 2.75) is 25.9 Å². The standard InChI is InChI=1S/C13H16N6S/c1-2-19-12-6-4-3-5-9(12)16-13(19)7-10(17-14)11-8-15-20-18-11/h3-6,8,10,17H,2,7,14H2,1H3. The van der Waals surface area contributed by atoms with E-state index in [1.54, 1.807) is 6.20 Å². The SMILES string of the molecule is CCn1c(CC(NN)c2cnsn2)nc2ccccc21. The molecule has 20 heavy (non-hydrogen) atoms. The molecule has 2 heterocycles. The van der Waals surface area contributed by atoms with Crippen molar-refractivity contribution in [2.75, 3.05) is 0 Å². The lowest BCUT2D eigenvalue weighted by Crippen LogP contribution is -2.30. The number of aryl methyl sites for hydroxylation is 1. The highest BCUT2D eigenvalue weighted by atomic mass is 32.1. The number of hydrazine groups is 1. The molecule has 3 N–H and O–H groups in total. The summed E-state index contributed by atoms with van der Waals surface area (Å²) in [5.74, 6) is 6.65.